The Morgan fingerprint density at radius 2 is 1.90 bits per heavy atom. The number of nitrogens with zero attached hydrogens (tertiary/aromatic N) is 1. The van der Waals surface area contributed by atoms with Crippen LogP contribution >= 0.6 is 11.6 Å². The normalized spacial score (nSPS) is 12.3. The molecule has 1 atom stereocenters. The van der Waals surface area contributed by atoms with Crippen LogP contribution in [-0.2, 0) is 6.54 Å². The average Bonchev–Trinajstić information content (AvgIpc) is 2.43. The summed E-state index contributed by atoms with van der Waals surface area (Å²) in [5.74, 6) is 0.157. The molecule has 0 amide bonds. The van der Waals surface area contributed by atoms with Crippen LogP contribution in [0.15, 0.2) is 36.4 Å². The van der Waals surface area contributed by atoms with Gasteiger partial charge in [-0.2, -0.15) is 0 Å². The van der Waals surface area contributed by atoms with Crippen LogP contribution in [0.2, 0.25) is 5.02 Å². The number of hydrogen-bond donors (Lipinski definition) is 3. The van der Waals surface area contributed by atoms with E-state index in [0.29, 0.717) is 23.8 Å². The van der Waals surface area contributed by atoms with Gasteiger partial charge in [0.25, 0.3) is 0 Å². The van der Waals surface area contributed by atoms with E-state index in [0.717, 1.165) is 11.3 Å². The molecule has 0 aliphatic rings. The highest BCUT2D eigenvalue weighted by Crippen LogP contribution is 2.17. The number of aryl methyl sites for hydroxylation is 1. The number of aromatic nitrogens is 1. The zero-order valence-electron chi connectivity index (χ0n) is 11.2. The van der Waals surface area contributed by atoms with Gasteiger partial charge in [-0.25, -0.2) is 0 Å². The molecule has 0 bridgehead atoms. The van der Waals surface area contributed by atoms with Gasteiger partial charge in [0.05, 0.1) is 11.8 Å². The molecule has 2 rings (SSSR count). The molecule has 0 spiro atoms. The van der Waals surface area contributed by atoms with Crippen molar-refractivity contribution in [3.63, 3.8) is 0 Å². The number of rotatable bonds is 5. The summed E-state index contributed by atoms with van der Waals surface area (Å²) in [6.07, 6.45) is -0.626. The molecule has 0 aliphatic carbocycles. The molecular weight excluding hydrogens is 276 g/mol. The van der Waals surface area contributed by atoms with Crippen molar-refractivity contribution in [3.8, 4) is 5.75 Å². The Labute approximate surface area is 123 Å². The number of pyridine rings is 1. The van der Waals surface area contributed by atoms with Gasteiger partial charge in [-0.3, -0.25) is 4.98 Å². The summed E-state index contributed by atoms with van der Waals surface area (Å²) in [7, 11) is 0. The van der Waals surface area contributed by atoms with Crippen LogP contribution in [-0.4, -0.2) is 21.7 Å². The molecule has 0 fully saturated rings. The minimum atomic E-state index is -0.626. The fourth-order valence-electron chi connectivity index (χ4n) is 1.86. The number of hydrogen-bond acceptors (Lipinski definition) is 4. The molecule has 1 heterocycles. The van der Waals surface area contributed by atoms with Gasteiger partial charge in [-0.15, -0.1) is 0 Å². The molecule has 0 saturated heterocycles. The van der Waals surface area contributed by atoms with Gasteiger partial charge in [0.1, 0.15) is 5.75 Å². The van der Waals surface area contributed by atoms with Crippen molar-refractivity contribution in [1.82, 2.24) is 10.3 Å². The third kappa shape index (κ3) is 3.93. The summed E-state index contributed by atoms with van der Waals surface area (Å²) in [5.41, 5.74) is 2.22. The van der Waals surface area contributed by atoms with E-state index >= 15 is 0 Å². The molecule has 20 heavy (non-hydrogen) atoms. The molecule has 1 unspecified atom stereocenters. The molecule has 4 nitrogen and oxygen atoms in total. The lowest BCUT2D eigenvalue weighted by Gasteiger charge is -2.12. The van der Waals surface area contributed by atoms with Crippen LogP contribution in [0, 0.1) is 6.92 Å². The lowest BCUT2D eigenvalue weighted by Crippen LogP contribution is -2.21. The SMILES string of the molecule is Cc1ccc(O)c(CNCC(O)c2ccc(Cl)cc2)n1. The summed E-state index contributed by atoms with van der Waals surface area (Å²) in [6.45, 7) is 2.64. The Kier molecular flexibility index (Phi) is 4.95. The number of nitrogens with one attached hydrogen (secondary N) is 1. The van der Waals surface area contributed by atoms with Gasteiger partial charge >= 0.3 is 0 Å². The van der Waals surface area contributed by atoms with E-state index in [1.54, 1.807) is 36.4 Å². The molecule has 0 aliphatic heterocycles. The Balaban J connectivity index is 1.89. The van der Waals surface area contributed by atoms with Crippen molar-refractivity contribution in [1.29, 1.82) is 0 Å². The largest absolute Gasteiger partial charge is 0.506 e. The van der Waals surface area contributed by atoms with E-state index in [1.807, 2.05) is 6.92 Å². The fourth-order valence-corrected chi connectivity index (χ4v) is 1.99. The lowest BCUT2D eigenvalue weighted by molar-refractivity contribution is 0.174. The van der Waals surface area contributed by atoms with Crippen LogP contribution in [0.3, 0.4) is 0 Å². The topological polar surface area (TPSA) is 65.4 Å². The number of aliphatic hydroxyl groups excluding tert-OH is 1. The molecule has 106 valence electrons. The van der Waals surface area contributed by atoms with Gasteiger partial charge in [0.2, 0.25) is 0 Å². The van der Waals surface area contributed by atoms with E-state index in [2.05, 4.69) is 10.3 Å². The zero-order valence-corrected chi connectivity index (χ0v) is 11.9. The van der Waals surface area contributed by atoms with Crippen LogP contribution in [0.1, 0.15) is 23.1 Å². The molecule has 0 saturated carbocycles. The first-order valence-electron chi connectivity index (χ1n) is 6.36. The van der Waals surface area contributed by atoms with Crippen molar-refractivity contribution in [2.24, 2.45) is 0 Å². The van der Waals surface area contributed by atoms with Crippen molar-refractivity contribution in [2.75, 3.05) is 6.54 Å². The van der Waals surface area contributed by atoms with Gasteiger partial charge in [0.15, 0.2) is 0 Å². The Morgan fingerprint density at radius 1 is 1.20 bits per heavy atom. The maximum atomic E-state index is 10.0. The standard InChI is InChI=1S/C15H17ClN2O2/c1-10-2-7-14(19)13(18-10)8-17-9-15(20)11-3-5-12(16)6-4-11/h2-7,15,17,19-20H,8-9H2,1H3. The first kappa shape index (κ1) is 14.8. The number of benzene rings is 1. The van der Waals surface area contributed by atoms with Crippen LogP contribution in [0.4, 0.5) is 0 Å². The monoisotopic (exact) mass is 292 g/mol. The minimum absolute atomic E-state index is 0.157. The molecule has 0 radical (unpaired) electrons. The smallest absolute Gasteiger partial charge is 0.138 e. The molecular formula is C15H17ClN2O2. The minimum Gasteiger partial charge on any atom is -0.506 e. The predicted octanol–water partition coefficient (Wildman–Crippen LogP) is 2.57. The number of halogens is 1. The first-order valence-corrected chi connectivity index (χ1v) is 6.74. The van der Waals surface area contributed by atoms with Gasteiger partial charge in [0, 0.05) is 23.8 Å². The van der Waals surface area contributed by atoms with E-state index < -0.39 is 6.10 Å². The van der Waals surface area contributed by atoms with Crippen molar-refractivity contribution >= 4 is 11.6 Å². The summed E-state index contributed by atoms with van der Waals surface area (Å²) in [4.78, 5) is 4.24. The molecule has 3 N–H and O–H groups in total. The first-order chi connectivity index (χ1) is 9.56. The second-order valence-electron chi connectivity index (χ2n) is 4.62. The maximum absolute atomic E-state index is 10.0. The van der Waals surface area contributed by atoms with Crippen LogP contribution < -0.4 is 5.32 Å². The molecule has 1 aromatic heterocycles. The Bertz CT molecular complexity index is 573. The second-order valence-corrected chi connectivity index (χ2v) is 5.05. The van der Waals surface area contributed by atoms with Gasteiger partial charge in [-0.05, 0) is 36.8 Å². The second kappa shape index (κ2) is 6.70. The van der Waals surface area contributed by atoms with Crippen molar-refractivity contribution < 1.29 is 10.2 Å². The van der Waals surface area contributed by atoms with Crippen molar-refractivity contribution in [3.05, 3.63) is 58.4 Å². The Morgan fingerprint density at radius 3 is 2.60 bits per heavy atom. The third-order valence-electron chi connectivity index (χ3n) is 2.97. The van der Waals surface area contributed by atoms with Gasteiger partial charge < -0.3 is 15.5 Å². The summed E-state index contributed by atoms with van der Waals surface area (Å²) in [6, 6.07) is 10.4. The van der Waals surface area contributed by atoms with E-state index in [9.17, 15) is 10.2 Å². The third-order valence-corrected chi connectivity index (χ3v) is 3.23. The van der Waals surface area contributed by atoms with E-state index in [-0.39, 0.29) is 5.75 Å². The quantitative estimate of drug-likeness (QED) is 0.792. The number of aliphatic hydroxyl groups is 1. The summed E-state index contributed by atoms with van der Waals surface area (Å²) >= 11 is 5.80. The van der Waals surface area contributed by atoms with Crippen LogP contribution in [0.25, 0.3) is 0 Å². The van der Waals surface area contributed by atoms with Crippen LogP contribution in [0.5, 0.6) is 5.75 Å². The Hall–Kier alpha value is -1.62. The highest BCUT2D eigenvalue weighted by molar-refractivity contribution is 6.30. The lowest BCUT2D eigenvalue weighted by atomic mass is 10.1. The molecule has 2 aromatic rings. The van der Waals surface area contributed by atoms with E-state index in [4.69, 9.17) is 11.6 Å². The maximum Gasteiger partial charge on any atom is 0.138 e. The predicted molar refractivity (Wildman–Crippen MR) is 78.8 cm³/mol. The summed E-state index contributed by atoms with van der Waals surface area (Å²) in [5, 5.41) is 23.4. The number of aromatic hydroxyl groups is 1. The average molecular weight is 293 g/mol. The van der Waals surface area contributed by atoms with E-state index in [1.165, 1.54) is 0 Å². The molecule has 1 aromatic carbocycles. The highest BCUT2D eigenvalue weighted by Gasteiger charge is 2.08. The highest BCUT2D eigenvalue weighted by atomic mass is 35.5. The van der Waals surface area contributed by atoms with Crippen molar-refractivity contribution in [2.45, 2.75) is 19.6 Å². The summed E-state index contributed by atoms with van der Waals surface area (Å²) < 4.78 is 0. The zero-order chi connectivity index (χ0) is 14.5. The fraction of sp³-hybridized carbons (Fsp3) is 0.267. The molecule has 5 heteroatoms. The van der Waals surface area contributed by atoms with Gasteiger partial charge in [-0.1, -0.05) is 23.7 Å².